The summed E-state index contributed by atoms with van der Waals surface area (Å²) in [6, 6.07) is 10.7. The van der Waals surface area contributed by atoms with Crippen LogP contribution < -0.4 is 0 Å². The van der Waals surface area contributed by atoms with E-state index in [1.807, 2.05) is 47.4 Å². The van der Waals surface area contributed by atoms with E-state index in [1.54, 1.807) is 16.8 Å². The molecule has 25 heavy (non-hydrogen) atoms. The fourth-order valence-corrected chi connectivity index (χ4v) is 2.88. The monoisotopic (exact) mass is 330 g/mol. The van der Waals surface area contributed by atoms with Crippen molar-refractivity contribution in [3.8, 4) is 17.3 Å². The molecule has 5 heterocycles. The van der Waals surface area contributed by atoms with Crippen LogP contribution in [0.25, 0.3) is 33.8 Å². The first-order chi connectivity index (χ1) is 12.3. The van der Waals surface area contributed by atoms with Gasteiger partial charge in [0.1, 0.15) is 17.0 Å². The van der Waals surface area contributed by atoms with Gasteiger partial charge in [0.2, 0.25) is 5.82 Å². The lowest BCUT2D eigenvalue weighted by molar-refractivity contribution is 0.621. The Morgan fingerprint density at radius 2 is 1.88 bits per heavy atom. The Bertz CT molecular complexity index is 1210. The van der Waals surface area contributed by atoms with Crippen LogP contribution in [-0.2, 0) is 0 Å². The molecule has 0 aromatic carbocycles. The molecule has 120 valence electrons. The second kappa shape index (κ2) is 5.20. The topological polar surface area (TPSA) is 60.9 Å². The maximum Gasteiger partial charge on any atom is 0.200 e. The number of nitrogens with zero attached hydrogens (tertiary/aromatic N) is 6. The molecular weight excluding hydrogens is 319 g/mol. The van der Waals surface area contributed by atoms with Gasteiger partial charge >= 0.3 is 0 Å². The van der Waals surface area contributed by atoms with Crippen molar-refractivity contribution < 1.29 is 4.39 Å². The van der Waals surface area contributed by atoms with Crippen LogP contribution in [0, 0.1) is 5.82 Å². The maximum atomic E-state index is 13.2. The smallest absolute Gasteiger partial charge is 0.200 e. The van der Waals surface area contributed by atoms with Crippen molar-refractivity contribution in [1.29, 1.82) is 0 Å². The average Bonchev–Trinajstić information content (AvgIpc) is 3.28. The number of pyridine rings is 2. The summed E-state index contributed by atoms with van der Waals surface area (Å²) in [4.78, 5) is 12.9. The molecule has 5 aromatic heterocycles. The van der Waals surface area contributed by atoms with Gasteiger partial charge in [0.05, 0.1) is 11.7 Å². The quantitative estimate of drug-likeness (QED) is 0.498. The van der Waals surface area contributed by atoms with Crippen LogP contribution in [0.15, 0.2) is 67.4 Å². The first kappa shape index (κ1) is 13.8. The van der Waals surface area contributed by atoms with Gasteiger partial charge in [-0.05, 0) is 36.4 Å². The fourth-order valence-electron chi connectivity index (χ4n) is 2.88. The van der Waals surface area contributed by atoms with Crippen LogP contribution in [0.5, 0.6) is 0 Å². The molecule has 0 amide bonds. The van der Waals surface area contributed by atoms with Crippen LogP contribution in [-0.4, -0.2) is 29.1 Å². The summed E-state index contributed by atoms with van der Waals surface area (Å²) in [7, 11) is 0. The van der Waals surface area contributed by atoms with Crippen LogP contribution >= 0.6 is 0 Å². The van der Waals surface area contributed by atoms with E-state index in [-0.39, 0.29) is 0 Å². The number of aromatic nitrogens is 6. The van der Waals surface area contributed by atoms with E-state index in [2.05, 4.69) is 15.1 Å². The van der Waals surface area contributed by atoms with Gasteiger partial charge in [-0.15, -0.1) is 5.10 Å². The highest BCUT2D eigenvalue weighted by Crippen LogP contribution is 2.23. The first-order valence-electron chi connectivity index (χ1n) is 7.68. The average molecular weight is 330 g/mol. The van der Waals surface area contributed by atoms with E-state index in [1.165, 1.54) is 6.07 Å². The number of fused-ring (bicyclic) bond motifs is 2. The molecule has 0 saturated carbocycles. The largest absolute Gasteiger partial charge is 0.299 e. The summed E-state index contributed by atoms with van der Waals surface area (Å²) in [5.74, 6) is 0.756. The van der Waals surface area contributed by atoms with Crippen molar-refractivity contribution in [2.75, 3.05) is 0 Å². The molecule has 0 atom stereocenters. The SMILES string of the molecule is Fc1ccc(-c2nc(-n3ccc4cnccc43)c3cccn3n2)nc1. The van der Waals surface area contributed by atoms with Gasteiger partial charge in [-0.3, -0.25) is 9.55 Å². The van der Waals surface area contributed by atoms with Crippen LogP contribution in [0.4, 0.5) is 4.39 Å². The Balaban J connectivity index is 1.80. The van der Waals surface area contributed by atoms with Crippen LogP contribution in [0.1, 0.15) is 0 Å². The molecule has 5 rings (SSSR count). The predicted octanol–water partition coefficient (Wildman–Crippen LogP) is 3.27. The third-order valence-corrected chi connectivity index (χ3v) is 4.05. The zero-order chi connectivity index (χ0) is 16.8. The van der Waals surface area contributed by atoms with E-state index in [4.69, 9.17) is 4.98 Å². The Morgan fingerprint density at radius 1 is 0.920 bits per heavy atom. The molecule has 0 radical (unpaired) electrons. The molecule has 5 aromatic rings. The molecular formula is C18H11FN6. The summed E-state index contributed by atoms with van der Waals surface area (Å²) in [6.07, 6.45) is 8.52. The van der Waals surface area contributed by atoms with Crippen molar-refractivity contribution in [1.82, 2.24) is 29.1 Å². The van der Waals surface area contributed by atoms with Gasteiger partial charge in [-0.1, -0.05) is 0 Å². The first-order valence-corrected chi connectivity index (χ1v) is 7.68. The fraction of sp³-hybridized carbons (Fsp3) is 0. The van der Waals surface area contributed by atoms with Crippen molar-refractivity contribution in [2.45, 2.75) is 0 Å². The minimum atomic E-state index is -0.394. The van der Waals surface area contributed by atoms with Crippen molar-refractivity contribution in [3.05, 3.63) is 73.2 Å². The van der Waals surface area contributed by atoms with E-state index in [0.717, 1.165) is 28.4 Å². The molecule has 6 nitrogen and oxygen atoms in total. The Labute approximate surface area is 141 Å². The normalized spacial score (nSPS) is 11.4. The number of rotatable bonds is 2. The highest BCUT2D eigenvalue weighted by molar-refractivity contribution is 5.82. The van der Waals surface area contributed by atoms with E-state index < -0.39 is 5.82 Å². The standard InChI is InChI=1S/C18H11FN6/c19-13-3-4-14(21-11-13)17-22-18(16-2-1-8-25(16)23-17)24-9-6-12-10-20-7-5-15(12)24/h1-11H. The maximum absolute atomic E-state index is 13.2. The molecule has 0 aliphatic carbocycles. The van der Waals surface area contributed by atoms with E-state index >= 15 is 0 Å². The molecule has 0 unspecified atom stereocenters. The lowest BCUT2D eigenvalue weighted by atomic mass is 10.3. The lowest BCUT2D eigenvalue weighted by Gasteiger charge is -2.09. The summed E-state index contributed by atoms with van der Waals surface area (Å²) < 4.78 is 16.9. The highest BCUT2D eigenvalue weighted by Gasteiger charge is 2.13. The van der Waals surface area contributed by atoms with Crippen molar-refractivity contribution >= 4 is 16.4 Å². The number of halogens is 1. The van der Waals surface area contributed by atoms with Gasteiger partial charge in [-0.25, -0.2) is 18.9 Å². The minimum Gasteiger partial charge on any atom is -0.299 e. The summed E-state index contributed by atoms with van der Waals surface area (Å²) >= 11 is 0. The molecule has 7 heteroatoms. The van der Waals surface area contributed by atoms with Crippen LogP contribution in [0.2, 0.25) is 0 Å². The summed E-state index contributed by atoms with van der Waals surface area (Å²) in [5, 5.41) is 5.50. The Kier molecular flexibility index (Phi) is 2.87. The van der Waals surface area contributed by atoms with Gasteiger partial charge in [0.25, 0.3) is 0 Å². The van der Waals surface area contributed by atoms with Gasteiger partial charge in [0, 0.05) is 30.2 Å². The molecule has 0 spiro atoms. The van der Waals surface area contributed by atoms with E-state index in [0.29, 0.717) is 11.5 Å². The third kappa shape index (κ3) is 2.17. The number of hydrogen-bond donors (Lipinski definition) is 0. The Hall–Kier alpha value is -3.61. The molecule has 0 bridgehead atoms. The summed E-state index contributed by atoms with van der Waals surface area (Å²) in [6.45, 7) is 0. The summed E-state index contributed by atoms with van der Waals surface area (Å²) in [5.41, 5.74) is 2.37. The van der Waals surface area contributed by atoms with Crippen molar-refractivity contribution in [3.63, 3.8) is 0 Å². The second-order valence-electron chi connectivity index (χ2n) is 5.58. The number of hydrogen-bond acceptors (Lipinski definition) is 4. The zero-order valence-corrected chi connectivity index (χ0v) is 12.9. The Morgan fingerprint density at radius 3 is 2.76 bits per heavy atom. The predicted molar refractivity (Wildman–Crippen MR) is 90.8 cm³/mol. The second-order valence-corrected chi connectivity index (χ2v) is 5.58. The van der Waals surface area contributed by atoms with Gasteiger partial charge in [-0.2, -0.15) is 0 Å². The van der Waals surface area contributed by atoms with Gasteiger partial charge in [0.15, 0.2) is 5.82 Å². The molecule has 0 saturated heterocycles. The molecule has 0 aliphatic rings. The molecule has 0 fully saturated rings. The highest BCUT2D eigenvalue weighted by atomic mass is 19.1. The molecule has 0 N–H and O–H groups in total. The van der Waals surface area contributed by atoms with Crippen LogP contribution in [0.3, 0.4) is 0 Å². The van der Waals surface area contributed by atoms with Crippen molar-refractivity contribution in [2.24, 2.45) is 0 Å². The zero-order valence-electron chi connectivity index (χ0n) is 12.9. The molecule has 0 aliphatic heterocycles. The third-order valence-electron chi connectivity index (χ3n) is 4.05. The lowest BCUT2D eigenvalue weighted by Crippen LogP contribution is -2.06. The minimum absolute atomic E-state index is 0.394. The van der Waals surface area contributed by atoms with E-state index in [9.17, 15) is 4.39 Å². The van der Waals surface area contributed by atoms with Gasteiger partial charge < -0.3 is 0 Å².